The van der Waals surface area contributed by atoms with Gasteiger partial charge < -0.3 is 5.32 Å². The number of nitrogens with one attached hydrogen (secondary N) is 1. The monoisotopic (exact) mass is 276 g/mol. The maximum Gasteiger partial charge on any atom is 0.123 e. The number of hydrogen-bond acceptors (Lipinski definition) is 3. The number of benzene rings is 1. The molecule has 1 aromatic carbocycles. The average Bonchev–Trinajstić information content (AvgIpc) is 3.10. The summed E-state index contributed by atoms with van der Waals surface area (Å²) in [5, 5.41) is 6.66. The third kappa shape index (κ3) is 2.85. The highest BCUT2D eigenvalue weighted by molar-refractivity contribution is 7.09. The summed E-state index contributed by atoms with van der Waals surface area (Å²) in [4.78, 5) is 4.57. The maximum absolute atomic E-state index is 13.5. The Morgan fingerprint density at radius 3 is 2.79 bits per heavy atom. The number of aryl methyl sites for hydroxylation is 2. The van der Waals surface area contributed by atoms with Crippen LogP contribution in [-0.4, -0.2) is 11.0 Å². The second-order valence-electron chi connectivity index (χ2n) is 5.20. The Balaban J connectivity index is 2.00. The molecule has 4 heteroatoms. The van der Waals surface area contributed by atoms with Gasteiger partial charge in [-0.2, -0.15) is 0 Å². The van der Waals surface area contributed by atoms with Crippen LogP contribution in [0.3, 0.4) is 0 Å². The van der Waals surface area contributed by atoms with Gasteiger partial charge in [0.2, 0.25) is 0 Å². The Bertz CT molecular complexity index is 590. The van der Waals surface area contributed by atoms with E-state index in [1.807, 2.05) is 25.3 Å². The molecule has 2 aromatic rings. The zero-order valence-corrected chi connectivity index (χ0v) is 11.9. The number of thiazole rings is 1. The molecule has 0 saturated heterocycles. The molecule has 1 aliphatic rings. The van der Waals surface area contributed by atoms with Crippen molar-refractivity contribution in [2.75, 3.05) is 0 Å². The van der Waals surface area contributed by atoms with Crippen molar-refractivity contribution in [3.8, 4) is 0 Å². The van der Waals surface area contributed by atoms with Gasteiger partial charge in [0.15, 0.2) is 0 Å². The molecule has 0 amide bonds. The molecule has 1 aliphatic carbocycles. The van der Waals surface area contributed by atoms with Crippen LogP contribution in [0.4, 0.5) is 4.39 Å². The molecule has 0 bridgehead atoms. The predicted molar refractivity (Wildman–Crippen MR) is 76.0 cm³/mol. The minimum Gasteiger partial charge on any atom is -0.301 e. The standard InChI is InChI=1S/C15H17FN2S/c1-9-3-4-11(16)7-13(9)14(18-12-5-6-12)15-17-10(2)8-19-15/h3-4,7-8,12,14,18H,5-6H2,1-2H3. The normalized spacial score (nSPS) is 16.6. The summed E-state index contributed by atoms with van der Waals surface area (Å²) in [6, 6.07) is 5.55. The topological polar surface area (TPSA) is 24.9 Å². The van der Waals surface area contributed by atoms with Gasteiger partial charge in [0.25, 0.3) is 0 Å². The van der Waals surface area contributed by atoms with E-state index in [0.717, 1.165) is 21.8 Å². The van der Waals surface area contributed by atoms with E-state index in [0.29, 0.717) is 6.04 Å². The van der Waals surface area contributed by atoms with Crippen molar-refractivity contribution >= 4 is 11.3 Å². The molecular weight excluding hydrogens is 259 g/mol. The summed E-state index contributed by atoms with van der Waals surface area (Å²) in [6.45, 7) is 4.02. The molecule has 0 aliphatic heterocycles. The lowest BCUT2D eigenvalue weighted by atomic mass is 10.0. The molecule has 3 rings (SSSR count). The molecule has 1 saturated carbocycles. The summed E-state index contributed by atoms with van der Waals surface area (Å²) in [6.07, 6.45) is 2.41. The molecule has 1 fully saturated rings. The van der Waals surface area contributed by atoms with Crippen LogP contribution >= 0.6 is 11.3 Å². The zero-order valence-electron chi connectivity index (χ0n) is 11.1. The first kappa shape index (κ1) is 12.8. The highest BCUT2D eigenvalue weighted by Crippen LogP contribution is 2.32. The van der Waals surface area contributed by atoms with Crippen molar-refractivity contribution in [3.63, 3.8) is 0 Å². The minimum absolute atomic E-state index is 0.0156. The fourth-order valence-electron chi connectivity index (χ4n) is 2.21. The molecule has 0 spiro atoms. The summed E-state index contributed by atoms with van der Waals surface area (Å²) < 4.78 is 13.5. The van der Waals surface area contributed by atoms with Gasteiger partial charge in [-0.1, -0.05) is 6.07 Å². The lowest BCUT2D eigenvalue weighted by molar-refractivity contribution is 0.581. The first-order chi connectivity index (χ1) is 9.13. The summed E-state index contributed by atoms with van der Waals surface area (Å²) in [5.74, 6) is -0.184. The second kappa shape index (κ2) is 5.02. The van der Waals surface area contributed by atoms with E-state index in [2.05, 4.69) is 10.3 Å². The molecule has 100 valence electrons. The Labute approximate surface area is 116 Å². The highest BCUT2D eigenvalue weighted by Gasteiger charge is 2.28. The van der Waals surface area contributed by atoms with Crippen molar-refractivity contribution in [1.82, 2.24) is 10.3 Å². The Morgan fingerprint density at radius 1 is 1.37 bits per heavy atom. The molecule has 2 nitrogen and oxygen atoms in total. The van der Waals surface area contributed by atoms with E-state index < -0.39 is 0 Å². The van der Waals surface area contributed by atoms with Gasteiger partial charge in [-0.25, -0.2) is 9.37 Å². The Hall–Kier alpha value is -1.26. The molecule has 1 heterocycles. The summed E-state index contributed by atoms with van der Waals surface area (Å²) >= 11 is 1.64. The molecule has 1 N–H and O–H groups in total. The van der Waals surface area contributed by atoms with Crippen LogP contribution in [0.15, 0.2) is 23.6 Å². The third-order valence-electron chi connectivity index (χ3n) is 3.42. The van der Waals surface area contributed by atoms with Gasteiger partial charge in [-0.3, -0.25) is 0 Å². The molecule has 1 atom stereocenters. The SMILES string of the molecule is Cc1csc(C(NC2CC2)c2cc(F)ccc2C)n1. The van der Waals surface area contributed by atoms with Crippen molar-refractivity contribution in [1.29, 1.82) is 0 Å². The number of rotatable bonds is 4. The largest absolute Gasteiger partial charge is 0.301 e. The van der Waals surface area contributed by atoms with Crippen LogP contribution in [0.5, 0.6) is 0 Å². The zero-order chi connectivity index (χ0) is 13.4. The van der Waals surface area contributed by atoms with E-state index in [9.17, 15) is 4.39 Å². The van der Waals surface area contributed by atoms with Gasteiger partial charge in [0.05, 0.1) is 6.04 Å². The second-order valence-corrected chi connectivity index (χ2v) is 6.09. The lowest BCUT2D eigenvalue weighted by Gasteiger charge is -2.19. The van der Waals surface area contributed by atoms with Gasteiger partial charge in [-0.05, 0) is 49.9 Å². The van der Waals surface area contributed by atoms with Crippen molar-refractivity contribution < 1.29 is 4.39 Å². The average molecular weight is 276 g/mol. The van der Waals surface area contributed by atoms with Crippen LogP contribution in [0.25, 0.3) is 0 Å². The van der Waals surface area contributed by atoms with Crippen LogP contribution in [0.2, 0.25) is 0 Å². The van der Waals surface area contributed by atoms with E-state index >= 15 is 0 Å². The maximum atomic E-state index is 13.5. The number of hydrogen-bond donors (Lipinski definition) is 1. The smallest absolute Gasteiger partial charge is 0.123 e. The van der Waals surface area contributed by atoms with Crippen LogP contribution in [0.1, 0.15) is 40.7 Å². The number of halogens is 1. The van der Waals surface area contributed by atoms with Crippen LogP contribution in [0, 0.1) is 19.7 Å². The number of aromatic nitrogens is 1. The van der Waals surface area contributed by atoms with Crippen molar-refractivity contribution in [3.05, 3.63) is 51.2 Å². The fourth-order valence-corrected chi connectivity index (χ4v) is 3.08. The minimum atomic E-state index is -0.184. The Morgan fingerprint density at radius 2 is 2.16 bits per heavy atom. The molecule has 1 aromatic heterocycles. The third-order valence-corrected chi connectivity index (χ3v) is 4.44. The van der Waals surface area contributed by atoms with E-state index in [-0.39, 0.29) is 11.9 Å². The van der Waals surface area contributed by atoms with Gasteiger partial charge >= 0.3 is 0 Å². The molecule has 0 radical (unpaired) electrons. The van der Waals surface area contributed by atoms with Crippen molar-refractivity contribution in [2.24, 2.45) is 0 Å². The molecule has 19 heavy (non-hydrogen) atoms. The van der Waals surface area contributed by atoms with Gasteiger partial charge in [-0.15, -0.1) is 11.3 Å². The van der Waals surface area contributed by atoms with Gasteiger partial charge in [0, 0.05) is 17.1 Å². The quantitative estimate of drug-likeness (QED) is 0.920. The first-order valence-corrected chi connectivity index (χ1v) is 7.45. The summed E-state index contributed by atoms with van der Waals surface area (Å²) in [5.41, 5.74) is 3.13. The first-order valence-electron chi connectivity index (χ1n) is 6.57. The highest BCUT2D eigenvalue weighted by atomic mass is 32.1. The van der Waals surface area contributed by atoms with Gasteiger partial charge in [0.1, 0.15) is 10.8 Å². The predicted octanol–water partition coefficient (Wildman–Crippen LogP) is 3.74. The molecular formula is C15H17FN2S. The van der Waals surface area contributed by atoms with Crippen molar-refractivity contribution in [2.45, 2.75) is 38.8 Å². The van der Waals surface area contributed by atoms with Crippen LogP contribution in [-0.2, 0) is 0 Å². The van der Waals surface area contributed by atoms with Crippen LogP contribution < -0.4 is 5.32 Å². The number of nitrogens with zero attached hydrogens (tertiary/aromatic N) is 1. The van der Waals surface area contributed by atoms with E-state index in [4.69, 9.17) is 0 Å². The molecule has 1 unspecified atom stereocenters. The summed E-state index contributed by atoms with van der Waals surface area (Å²) in [7, 11) is 0. The fraction of sp³-hybridized carbons (Fsp3) is 0.400. The van der Waals surface area contributed by atoms with E-state index in [1.165, 1.54) is 18.9 Å². The van der Waals surface area contributed by atoms with E-state index in [1.54, 1.807) is 17.4 Å². The Kier molecular flexibility index (Phi) is 3.37. The lowest BCUT2D eigenvalue weighted by Crippen LogP contribution is -2.25.